The lowest BCUT2D eigenvalue weighted by Gasteiger charge is -2.31. The van der Waals surface area contributed by atoms with Crippen molar-refractivity contribution >= 4 is 21.6 Å². The number of hydrogen-bond donors (Lipinski definition) is 1. The Morgan fingerprint density at radius 2 is 1.95 bits per heavy atom. The van der Waals surface area contributed by atoms with Gasteiger partial charge in [-0.3, -0.25) is 0 Å². The molecule has 0 aliphatic rings. The molecular weight excluding hydrogens is 320 g/mol. The fourth-order valence-electron chi connectivity index (χ4n) is 2.19. The third kappa shape index (κ3) is 4.74. The number of nitrogens with two attached hydrogens (primary N) is 1. The van der Waals surface area contributed by atoms with Crippen LogP contribution < -0.4 is 10.6 Å². The Kier molecular flexibility index (Phi) is 7.51. The van der Waals surface area contributed by atoms with Gasteiger partial charge >= 0.3 is 0 Å². The lowest BCUT2D eigenvalue weighted by atomic mass is 10.1. The number of anilines is 1. The largest absolute Gasteiger partial charge is 0.383 e. The van der Waals surface area contributed by atoms with E-state index in [1.165, 1.54) is 0 Å². The molecule has 4 nitrogen and oxygen atoms in total. The van der Waals surface area contributed by atoms with Gasteiger partial charge in [0.25, 0.3) is 0 Å². The van der Waals surface area contributed by atoms with Crippen molar-refractivity contribution in [1.82, 2.24) is 0 Å². The molecule has 0 spiro atoms. The Morgan fingerprint density at radius 3 is 2.45 bits per heavy atom. The molecule has 5 heteroatoms. The first-order valence-electron chi connectivity index (χ1n) is 6.80. The van der Waals surface area contributed by atoms with E-state index in [4.69, 9.17) is 15.2 Å². The number of nitrogens with zero attached hydrogens (tertiary/aromatic N) is 1. The molecular formula is C15H25BrN2O2. The summed E-state index contributed by atoms with van der Waals surface area (Å²) in [6.45, 7) is 6.31. The summed E-state index contributed by atoms with van der Waals surface area (Å²) in [5.74, 6) is 0. The molecule has 1 aromatic rings. The third-order valence-corrected chi connectivity index (χ3v) is 3.97. The van der Waals surface area contributed by atoms with E-state index in [-0.39, 0.29) is 12.1 Å². The maximum atomic E-state index is 5.94. The first kappa shape index (κ1) is 17.4. The van der Waals surface area contributed by atoms with Crippen LogP contribution in [0.2, 0.25) is 0 Å². The van der Waals surface area contributed by atoms with E-state index in [0.29, 0.717) is 13.2 Å². The van der Waals surface area contributed by atoms with Crippen molar-refractivity contribution in [1.29, 1.82) is 0 Å². The van der Waals surface area contributed by atoms with Gasteiger partial charge in [0.05, 0.1) is 13.2 Å². The maximum Gasteiger partial charge on any atom is 0.0663 e. The molecule has 1 aromatic carbocycles. The quantitative estimate of drug-likeness (QED) is 0.787. The summed E-state index contributed by atoms with van der Waals surface area (Å²) in [6.07, 6.45) is 0. The van der Waals surface area contributed by atoms with Gasteiger partial charge in [-0.25, -0.2) is 0 Å². The van der Waals surface area contributed by atoms with Crippen LogP contribution in [-0.4, -0.2) is 40.0 Å². The van der Waals surface area contributed by atoms with E-state index in [0.717, 1.165) is 22.3 Å². The minimum atomic E-state index is 0.0160. The van der Waals surface area contributed by atoms with Crippen molar-refractivity contribution in [2.24, 2.45) is 5.73 Å². The van der Waals surface area contributed by atoms with Crippen LogP contribution in [0.15, 0.2) is 22.7 Å². The van der Waals surface area contributed by atoms with Gasteiger partial charge in [-0.15, -0.1) is 0 Å². The number of halogens is 1. The highest BCUT2D eigenvalue weighted by Gasteiger charge is 2.16. The highest BCUT2D eigenvalue weighted by molar-refractivity contribution is 9.10. The zero-order valence-electron chi connectivity index (χ0n) is 12.7. The van der Waals surface area contributed by atoms with Crippen molar-refractivity contribution < 1.29 is 9.47 Å². The standard InChI is InChI=1S/C15H25BrN2O2/c1-11(10-20-4)18(7-8-19-3)13-5-6-14(12(2)17)15(16)9-13/h5-6,9,11-12H,7-8,10,17H2,1-4H3. The van der Waals surface area contributed by atoms with E-state index >= 15 is 0 Å². The lowest BCUT2D eigenvalue weighted by molar-refractivity contribution is 0.171. The number of methoxy groups -OCH3 is 2. The Labute approximate surface area is 130 Å². The predicted molar refractivity (Wildman–Crippen MR) is 87.3 cm³/mol. The van der Waals surface area contributed by atoms with Gasteiger partial charge in [-0.2, -0.15) is 0 Å². The predicted octanol–water partition coefficient (Wildman–Crippen LogP) is 2.96. The molecule has 114 valence electrons. The summed E-state index contributed by atoms with van der Waals surface area (Å²) in [7, 11) is 3.44. The minimum absolute atomic E-state index is 0.0160. The van der Waals surface area contributed by atoms with E-state index < -0.39 is 0 Å². The van der Waals surface area contributed by atoms with Crippen LogP contribution in [0.3, 0.4) is 0 Å². The monoisotopic (exact) mass is 344 g/mol. The number of rotatable bonds is 8. The second kappa shape index (κ2) is 8.62. The fourth-order valence-corrected chi connectivity index (χ4v) is 2.92. The van der Waals surface area contributed by atoms with Gasteiger partial charge in [0.15, 0.2) is 0 Å². The zero-order valence-corrected chi connectivity index (χ0v) is 14.3. The molecule has 0 aliphatic carbocycles. The second-order valence-corrected chi connectivity index (χ2v) is 5.84. The zero-order chi connectivity index (χ0) is 15.1. The van der Waals surface area contributed by atoms with Gasteiger partial charge in [0.1, 0.15) is 0 Å². The van der Waals surface area contributed by atoms with Crippen LogP contribution in [0.1, 0.15) is 25.5 Å². The van der Waals surface area contributed by atoms with E-state index in [9.17, 15) is 0 Å². The summed E-state index contributed by atoms with van der Waals surface area (Å²) in [5, 5.41) is 0. The second-order valence-electron chi connectivity index (χ2n) is 4.99. The summed E-state index contributed by atoms with van der Waals surface area (Å²) in [6, 6.07) is 6.58. The molecule has 0 aromatic heterocycles. The molecule has 0 saturated carbocycles. The summed E-state index contributed by atoms with van der Waals surface area (Å²) < 4.78 is 11.5. The summed E-state index contributed by atoms with van der Waals surface area (Å²) in [4.78, 5) is 2.28. The number of ether oxygens (including phenoxy) is 2. The molecule has 0 fully saturated rings. The molecule has 0 amide bonds. The average molecular weight is 345 g/mol. The van der Waals surface area contributed by atoms with Crippen LogP contribution in [0.25, 0.3) is 0 Å². The van der Waals surface area contributed by atoms with E-state index in [1.807, 2.05) is 6.92 Å². The van der Waals surface area contributed by atoms with Crippen LogP contribution in [0.4, 0.5) is 5.69 Å². The van der Waals surface area contributed by atoms with Crippen molar-refractivity contribution in [3.63, 3.8) is 0 Å². The highest BCUT2D eigenvalue weighted by Crippen LogP contribution is 2.28. The molecule has 0 radical (unpaired) electrons. The molecule has 2 atom stereocenters. The molecule has 0 saturated heterocycles. The molecule has 1 rings (SSSR count). The first-order valence-corrected chi connectivity index (χ1v) is 7.60. The van der Waals surface area contributed by atoms with Gasteiger partial charge in [-0.1, -0.05) is 22.0 Å². The Morgan fingerprint density at radius 1 is 1.25 bits per heavy atom. The fraction of sp³-hybridized carbons (Fsp3) is 0.600. The molecule has 2 N–H and O–H groups in total. The van der Waals surface area contributed by atoms with Gasteiger partial charge in [0.2, 0.25) is 0 Å². The average Bonchev–Trinajstić information content (AvgIpc) is 2.39. The van der Waals surface area contributed by atoms with Crippen molar-refractivity contribution in [2.45, 2.75) is 25.9 Å². The molecule has 20 heavy (non-hydrogen) atoms. The van der Waals surface area contributed by atoms with Crippen LogP contribution >= 0.6 is 15.9 Å². The Bertz CT molecular complexity index is 413. The summed E-state index contributed by atoms with van der Waals surface area (Å²) in [5.41, 5.74) is 8.20. The first-order chi connectivity index (χ1) is 9.51. The Balaban J connectivity index is 2.97. The topological polar surface area (TPSA) is 47.7 Å². The van der Waals surface area contributed by atoms with Crippen LogP contribution in [0, 0.1) is 0 Å². The molecule has 2 unspecified atom stereocenters. The van der Waals surface area contributed by atoms with Crippen molar-refractivity contribution in [2.75, 3.05) is 38.9 Å². The third-order valence-electron chi connectivity index (χ3n) is 3.28. The van der Waals surface area contributed by atoms with E-state index in [2.05, 4.69) is 46.0 Å². The molecule has 0 bridgehead atoms. The van der Waals surface area contributed by atoms with E-state index in [1.54, 1.807) is 14.2 Å². The number of hydrogen-bond acceptors (Lipinski definition) is 4. The normalized spacial score (nSPS) is 14.1. The lowest BCUT2D eigenvalue weighted by Crippen LogP contribution is -2.38. The minimum Gasteiger partial charge on any atom is -0.383 e. The Hall–Kier alpha value is -0.620. The van der Waals surface area contributed by atoms with Crippen LogP contribution in [0.5, 0.6) is 0 Å². The van der Waals surface area contributed by atoms with Crippen molar-refractivity contribution in [3.05, 3.63) is 28.2 Å². The van der Waals surface area contributed by atoms with Gasteiger partial charge < -0.3 is 20.1 Å². The molecule has 0 aliphatic heterocycles. The van der Waals surface area contributed by atoms with Crippen molar-refractivity contribution in [3.8, 4) is 0 Å². The molecule has 0 heterocycles. The SMILES string of the molecule is COCCN(c1ccc(C(C)N)c(Br)c1)C(C)COC. The highest BCUT2D eigenvalue weighted by atomic mass is 79.9. The summed E-state index contributed by atoms with van der Waals surface area (Å²) >= 11 is 3.60. The maximum absolute atomic E-state index is 5.94. The van der Waals surface area contributed by atoms with Crippen LogP contribution in [-0.2, 0) is 9.47 Å². The van der Waals surface area contributed by atoms with Gasteiger partial charge in [0, 0.05) is 43.0 Å². The smallest absolute Gasteiger partial charge is 0.0663 e. The number of benzene rings is 1. The van der Waals surface area contributed by atoms with Gasteiger partial charge in [-0.05, 0) is 31.5 Å².